The molecule has 1 aliphatic heterocycles. The summed E-state index contributed by atoms with van der Waals surface area (Å²) in [6.07, 6.45) is 6.22. The Labute approximate surface area is 147 Å². The maximum Gasteiger partial charge on any atom is 0.267 e. The minimum Gasteiger partial charge on any atom is -0.507 e. The average Bonchev–Trinajstić information content (AvgIpc) is 2.89. The SMILES string of the molecule is N#C/C(=C/N1CCCCCC1)C(=O)Nc1cccc2c(O)cccc12. The summed E-state index contributed by atoms with van der Waals surface area (Å²) in [7, 11) is 0. The lowest BCUT2D eigenvalue weighted by Crippen LogP contribution is -2.22. The first-order valence-electron chi connectivity index (χ1n) is 8.57. The van der Waals surface area contributed by atoms with Crippen LogP contribution in [0.1, 0.15) is 25.7 Å². The molecule has 0 aromatic heterocycles. The van der Waals surface area contributed by atoms with Crippen LogP contribution in [0.5, 0.6) is 5.75 Å². The molecule has 3 rings (SSSR count). The van der Waals surface area contributed by atoms with E-state index in [1.165, 1.54) is 12.8 Å². The Kier molecular flexibility index (Phi) is 5.20. The van der Waals surface area contributed by atoms with E-state index in [4.69, 9.17) is 0 Å². The van der Waals surface area contributed by atoms with E-state index in [-0.39, 0.29) is 11.3 Å². The van der Waals surface area contributed by atoms with Crippen molar-refractivity contribution in [2.45, 2.75) is 25.7 Å². The van der Waals surface area contributed by atoms with Gasteiger partial charge < -0.3 is 15.3 Å². The van der Waals surface area contributed by atoms with Crippen LogP contribution in [-0.4, -0.2) is 29.0 Å². The highest BCUT2D eigenvalue weighted by molar-refractivity contribution is 6.11. The Balaban J connectivity index is 1.83. The van der Waals surface area contributed by atoms with Crippen molar-refractivity contribution in [2.75, 3.05) is 18.4 Å². The predicted molar refractivity (Wildman–Crippen MR) is 98.0 cm³/mol. The van der Waals surface area contributed by atoms with Crippen molar-refractivity contribution in [3.05, 3.63) is 48.2 Å². The van der Waals surface area contributed by atoms with Gasteiger partial charge in [0.15, 0.2) is 0 Å². The van der Waals surface area contributed by atoms with Crippen molar-refractivity contribution in [3.8, 4) is 11.8 Å². The molecule has 1 saturated heterocycles. The normalized spacial score (nSPS) is 15.5. The lowest BCUT2D eigenvalue weighted by Gasteiger charge is -2.18. The van der Waals surface area contributed by atoms with E-state index < -0.39 is 5.91 Å². The Hall–Kier alpha value is -3.00. The molecule has 0 unspecified atom stereocenters. The summed E-state index contributed by atoms with van der Waals surface area (Å²) >= 11 is 0. The summed E-state index contributed by atoms with van der Waals surface area (Å²) in [6.45, 7) is 1.75. The molecule has 1 heterocycles. The fourth-order valence-corrected chi connectivity index (χ4v) is 3.14. The molecule has 2 aromatic carbocycles. The predicted octanol–water partition coefficient (Wildman–Crippen LogP) is 3.77. The maximum atomic E-state index is 12.5. The summed E-state index contributed by atoms with van der Waals surface area (Å²) in [5.74, 6) is -0.267. The largest absolute Gasteiger partial charge is 0.507 e. The number of phenols is 1. The third kappa shape index (κ3) is 3.92. The van der Waals surface area contributed by atoms with Crippen LogP contribution in [0.15, 0.2) is 48.2 Å². The number of carbonyl (C=O) groups excluding carboxylic acids is 1. The first-order valence-corrected chi connectivity index (χ1v) is 8.57. The lowest BCUT2D eigenvalue weighted by atomic mass is 10.1. The van der Waals surface area contributed by atoms with Crippen molar-refractivity contribution >= 4 is 22.4 Å². The quantitative estimate of drug-likeness (QED) is 0.661. The zero-order valence-corrected chi connectivity index (χ0v) is 14.0. The number of carbonyl (C=O) groups is 1. The molecule has 0 atom stereocenters. The number of hydrogen-bond donors (Lipinski definition) is 2. The second-order valence-corrected chi connectivity index (χ2v) is 6.24. The fourth-order valence-electron chi connectivity index (χ4n) is 3.14. The van der Waals surface area contributed by atoms with Gasteiger partial charge in [-0.05, 0) is 25.0 Å². The number of fused-ring (bicyclic) bond motifs is 1. The van der Waals surface area contributed by atoms with Gasteiger partial charge in [-0.2, -0.15) is 5.26 Å². The van der Waals surface area contributed by atoms with E-state index in [1.54, 1.807) is 36.5 Å². The average molecular weight is 335 g/mol. The number of nitrogens with zero attached hydrogens (tertiary/aromatic N) is 2. The molecule has 1 amide bonds. The molecule has 1 fully saturated rings. The standard InChI is InChI=1S/C20H21N3O2/c21-13-15(14-23-11-3-1-2-4-12-23)20(25)22-18-9-5-8-17-16(18)7-6-10-19(17)24/h5-10,14,24H,1-4,11-12H2,(H,22,25)/b15-14-. The molecule has 5 nitrogen and oxygen atoms in total. The number of hydrogen-bond acceptors (Lipinski definition) is 4. The maximum absolute atomic E-state index is 12.5. The molecule has 2 N–H and O–H groups in total. The Morgan fingerprint density at radius 3 is 2.48 bits per heavy atom. The van der Waals surface area contributed by atoms with Crippen LogP contribution < -0.4 is 5.32 Å². The van der Waals surface area contributed by atoms with Gasteiger partial charge in [-0.15, -0.1) is 0 Å². The van der Waals surface area contributed by atoms with Gasteiger partial charge in [-0.25, -0.2) is 0 Å². The van der Waals surface area contributed by atoms with Crippen LogP contribution in [0, 0.1) is 11.3 Å². The summed E-state index contributed by atoms with van der Waals surface area (Å²) in [5, 5.41) is 23.5. The van der Waals surface area contributed by atoms with Crippen LogP contribution in [0.2, 0.25) is 0 Å². The summed E-state index contributed by atoms with van der Waals surface area (Å²) in [6, 6.07) is 12.5. The molecular formula is C20H21N3O2. The molecular weight excluding hydrogens is 314 g/mol. The van der Waals surface area contributed by atoms with Crippen molar-refractivity contribution < 1.29 is 9.90 Å². The second-order valence-electron chi connectivity index (χ2n) is 6.24. The third-order valence-corrected chi connectivity index (χ3v) is 4.46. The van der Waals surface area contributed by atoms with E-state index in [0.717, 1.165) is 31.3 Å². The zero-order chi connectivity index (χ0) is 17.6. The van der Waals surface area contributed by atoms with E-state index in [2.05, 4.69) is 10.2 Å². The van der Waals surface area contributed by atoms with Gasteiger partial charge in [-0.3, -0.25) is 4.79 Å². The highest BCUT2D eigenvalue weighted by Gasteiger charge is 2.14. The number of aromatic hydroxyl groups is 1. The van der Waals surface area contributed by atoms with E-state index in [1.807, 2.05) is 12.1 Å². The molecule has 0 saturated carbocycles. The van der Waals surface area contributed by atoms with Crippen LogP contribution in [0.3, 0.4) is 0 Å². The lowest BCUT2D eigenvalue weighted by molar-refractivity contribution is -0.112. The summed E-state index contributed by atoms with van der Waals surface area (Å²) < 4.78 is 0. The number of phenolic OH excluding ortho intramolecular Hbond substituents is 1. The monoisotopic (exact) mass is 335 g/mol. The van der Waals surface area contributed by atoms with Crippen LogP contribution in [-0.2, 0) is 4.79 Å². The molecule has 0 aliphatic carbocycles. The minimum atomic E-state index is -0.428. The van der Waals surface area contributed by atoms with Crippen LogP contribution in [0.25, 0.3) is 10.8 Å². The number of likely N-dealkylation sites (tertiary alicyclic amines) is 1. The zero-order valence-electron chi connectivity index (χ0n) is 14.0. The Morgan fingerprint density at radius 2 is 1.76 bits per heavy atom. The molecule has 5 heteroatoms. The van der Waals surface area contributed by atoms with Gasteiger partial charge >= 0.3 is 0 Å². The Bertz CT molecular complexity index is 844. The van der Waals surface area contributed by atoms with Gasteiger partial charge in [0.25, 0.3) is 5.91 Å². The summed E-state index contributed by atoms with van der Waals surface area (Å²) in [5.41, 5.74) is 0.675. The first-order chi connectivity index (χ1) is 12.2. The van der Waals surface area contributed by atoms with Gasteiger partial charge in [0.1, 0.15) is 17.4 Å². The van der Waals surface area contributed by atoms with Gasteiger partial charge in [0.2, 0.25) is 0 Å². The molecule has 0 radical (unpaired) electrons. The number of amides is 1. The molecule has 0 bridgehead atoms. The number of nitrogens with one attached hydrogen (secondary N) is 1. The van der Waals surface area contributed by atoms with Crippen LogP contribution >= 0.6 is 0 Å². The van der Waals surface area contributed by atoms with E-state index >= 15 is 0 Å². The molecule has 1 aliphatic rings. The number of anilines is 1. The van der Waals surface area contributed by atoms with Crippen LogP contribution in [0.4, 0.5) is 5.69 Å². The highest BCUT2D eigenvalue weighted by atomic mass is 16.3. The second kappa shape index (κ2) is 7.71. The van der Waals surface area contributed by atoms with Crippen molar-refractivity contribution in [1.29, 1.82) is 5.26 Å². The van der Waals surface area contributed by atoms with E-state index in [0.29, 0.717) is 11.1 Å². The fraction of sp³-hybridized carbons (Fsp3) is 0.300. The topological polar surface area (TPSA) is 76.4 Å². The van der Waals surface area contributed by atoms with Crippen molar-refractivity contribution in [1.82, 2.24) is 4.90 Å². The first kappa shape index (κ1) is 16.8. The molecule has 0 spiro atoms. The van der Waals surface area contributed by atoms with Gasteiger partial charge in [-0.1, -0.05) is 37.1 Å². The number of nitriles is 1. The molecule has 2 aromatic rings. The molecule has 25 heavy (non-hydrogen) atoms. The van der Waals surface area contributed by atoms with Gasteiger partial charge in [0, 0.05) is 35.7 Å². The number of benzene rings is 2. The molecule has 128 valence electrons. The van der Waals surface area contributed by atoms with Crippen molar-refractivity contribution in [3.63, 3.8) is 0 Å². The highest BCUT2D eigenvalue weighted by Crippen LogP contribution is 2.30. The minimum absolute atomic E-state index is 0.0963. The van der Waals surface area contributed by atoms with Crippen molar-refractivity contribution in [2.24, 2.45) is 0 Å². The summed E-state index contributed by atoms with van der Waals surface area (Å²) in [4.78, 5) is 14.6. The van der Waals surface area contributed by atoms with E-state index in [9.17, 15) is 15.2 Å². The smallest absolute Gasteiger partial charge is 0.267 e. The Morgan fingerprint density at radius 1 is 1.08 bits per heavy atom. The van der Waals surface area contributed by atoms with Gasteiger partial charge in [0.05, 0.1) is 0 Å². The number of rotatable bonds is 3. The third-order valence-electron chi connectivity index (χ3n) is 4.46.